The molecule has 3 aromatic heterocycles. The first-order valence-corrected chi connectivity index (χ1v) is 12.0. The molecule has 0 radical (unpaired) electrons. The minimum absolute atomic E-state index is 0.0903. The lowest BCUT2D eigenvalue weighted by Gasteiger charge is -2.29. The van der Waals surface area contributed by atoms with Crippen molar-refractivity contribution in [3.63, 3.8) is 0 Å². The molecule has 0 unspecified atom stereocenters. The highest BCUT2D eigenvalue weighted by atomic mass is 16.5. The van der Waals surface area contributed by atoms with E-state index >= 15 is 0 Å². The highest BCUT2D eigenvalue weighted by molar-refractivity contribution is 6.00. The Morgan fingerprint density at radius 1 is 1.18 bits per heavy atom. The molecule has 2 aliphatic carbocycles. The first-order chi connectivity index (χ1) is 16.6. The van der Waals surface area contributed by atoms with Crippen molar-refractivity contribution >= 4 is 28.9 Å². The summed E-state index contributed by atoms with van der Waals surface area (Å²) >= 11 is 0. The molecule has 34 heavy (non-hydrogen) atoms. The third-order valence-electron chi connectivity index (χ3n) is 7.02. The van der Waals surface area contributed by atoms with Gasteiger partial charge in [-0.3, -0.25) is 9.59 Å². The Balaban J connectivity index is 1.43. The molecular formula is C24H31N7O3. The van der Waals surface area contributed by atoms with Crippen LogP contribution in [0.2, 0.25) is 0 Å². The van der Waals surface area contributed by atoms with E-state index in [2.05, 4.69) is 26.0 Å². The average molecular weight is 466 g/mol. The van der Waals surface area contributed by atoms with Gasteiger partial charge in [-0.05, 0) is 57.1 Å². The standard InChI is InChI=1S/C24H31N7O3/c1-25-21-13-20(29-22-18(14-26-31(21)22)23(32)27-15-5-3-6-15)28-19-7-4-12-30(24(19)33)16-8-10-17(34-2)11-9-16/h4,7,12-17,25H,3,5-6,8-11H2,1-2H3,(H,27,32)(H,28,29)/t16-,17-. The minimum atomic E-state index is -0.180. The number of fused-ring (bicyclic) bond motifs is 1. The fraction of sp³-hybridized carbons (Fsp3) is 0.500. The molecule has 0 atom stereocenters. The maximum absolute atomic E-state index is 13.3. The number of nitrogens with one attached hydrogen (secondary N) is 3. The SMILES string of the molecule is CNc1cc(Nc2cccn([C@H]3CC[C@H](OC)CC3)c2=O)nc2c(C(=O)NC3CCC3)cnn12. The van der Waals surface area contributed by atoms with Gasteiger partial charge < -0.3 is 25.3 Å². The van der Waals surface area contributed by atoms with Gasteiger partial charge in [0.15, 0.2) is 5.65 Å². The Morgan fingerprint density at radius 2 is 1.97 bits per heavy atom. The summed E-state index contributed by atoms with van der Waals surface area (Å²) in [6.45, 7) is 0. The van der Waals surface area contributed by atoms with Crippen LogP contribution in [0.25, 0.3) is 5.65 Å². The minimum Gasteiger partial charge on any atom is -0.381 e. The van der Waals surface area contributed by atoms with Gasteiger partial charge in [0.1, 0.15) is 22.9 Å². The van der Waals surface area contributed by atoms with Crippen molar-refractivity contribution in [2.45, 2.75) is 63.1 Å². The number of aromatic nitrogens is 4. The Morgan fingerprint density at radius 3 is 2.65 bits per heavy atom. The number of ether oxygens (including phenoxy) is 1. The number of rotatable bonds is 7. The molecule has 0 spiro atoms. The summed E-state index contributed by atoms with van der Waals surface area (Å²) in [6.07, 6.45) is 10.5. The maximum atomic E-state index is 13.3. The second-order valence-corrected chi connectivity index (χ2v) is 9.10. The summed E-state index contributed by atoms with van der Waals surface area (Å²) in [4.78, 5) is 30.7. The highest BCUT2D eigenvalue weighted by Gasteiger charge is 2.25. The van der Waals surface area contributed by atoms with Crippen LogP contribution in [0.3, 0.4) is 0 Å². The second kappa shape index (κ2) is 9.46. The van der Waals surface area contributed by atoms with Crippen molar-refractivity contribution in [3.05, 3.63) is 46.5 Å². The van der Waals surface area contributed by atoms with Gasteiger partial charge in [-0.1, -0.05) is 0 Å². The molecule has 0 aromatic carbocycles. The van der Waals surface area contributed by atoms with Gasteiger partial charge in [-0.25, -0.2) is 4.98 Å². The molecule has 0 aliphatic heterocycles. The molecule has 5 rings (SSSR count). The second-order valence-electron chi connectivity index (χ2n) is 9.10. The summed E-state index contributed by atoms with van der Waals surface area (Å²) in [5.41, 5.74) is 1.19. The van der Waals surface area contributed by atoms with Crippen molar-refractivity contribution in [2.75, 3.05) is 24.8 Å². The third kappa shape index (κ3) is 4.25. The van der Waals surface area contributed by atoms with E-state index in [0.717, 1.165) is 44.9 Å². The van der Waals surface area contributed by atoms with Crippen LogP contribution >= 0.6 is 0 Å². The zero-order valence-corrected chi connectivity index (χ0v) is 19.6. The number of amides is 1. The molecule has 2 aliphatic rings. The highest BCUT2D eigenvalue weighted by Crippen LogP contribution is 2.29. The lowest BCUT2D eigenvalue weighted by molar-refractivity contribution is 0.0580. The number of carbonyl (C=O) groups excluding carboxylic acids is 1. The number of carbonyl (C=O) groups is 1. The van der Waals surface area contributed by atoms with E-state index in [1.807, 2.05) is 16.8 Å². The van der Waals surface area contributed by atoms with Crippen LogP contribution in [0.4, 0.5) is 17.3 Å². The molecule has 2 saturated carbocycles. The van der Waals surface area contributed by atoms with E-state index in [9.17, 15) is 9.59 Å². The Bertz CT molecular complexity index is 1240. The number of nitrogens with zero attached hydrogens (tertiary/aromatic N) is 4. The number of hydrogen-bond donors (Lipinski definition) is 3. The predicted octanol–water partition coefficient (Wildman–Crippen LogP) is 3.09. The first-order valence-electron chi connectivity index (χ1n) is 12.0. The maximum Gasteiger partial charge on any atom is 0.274 e. The van der Waals surface area contributed by atoms with Crippen LogP contribution in [-0.2, 0) is 4.74 Å². The van der Waals surface area contributed by atoms with Crippen molar-refractivity contribution in [1.29, 1.82) is 0 Å². The van der Waals surface area contributed by atoms with Gasteiger partial charge in [-0.15, -0.1) is 0 Å². The summed E-state index contributed by atoms with van der Waals surface area (Å²) in [7, 11) is 3.52. The molecule has 3 N–H and O–H groups in total. The lowest BCUT2D eigenvalue weighted by Crippen LogP contribution is -2.39. The smallest absolute Gasteiger partial charge is 0.274 e. The van der Waals surface area contributed by atoms with Crippen LogP contribution < -0.4 is 21.5 Å². The molecular weight excluding hydrogens is 434 g/mol. The quantitative estimate of drug-likeness (QED) is 0.491. The third-order valence-corrected chi connectivity index (χ3v) is 7.02. The Hall–Kier alpha value is -3.40. The Labute approximate surface area is 197 Å². The zero-order chi connectivity index (χ0) is 23.7. The number of hydrogen-bond acceptors (Lipinski definition) is 7. The van der Waals surface area contributed by atoms with Gasteiger partial charge in [0.2, 0.25) is 0 Å². The van der Waals surface area contributed by atoms with Crippen molar-refractivity contribution in [3.8, 4) is 0 Å². The van der Waals surface area contributed by atoms with Gasteiger partial charge in [-0.2, -0.15) is 9.61 Å². The zero-order valence-electron chi connectivity index (χ0n) is 19.6. The van der Waals surface area contributed by atoms with E-state index in [-0.39, 0.29) is 29.7 Å². The lowest BCUT2D eigenvalue weighted by atomic mass is 9.92. The normalized spacial score (nSPS) is 20.6. The van der Waals surface area contributed by atoms with E-state index in [4.69, 9.17) is 4.74 Å². The van der Waals surface area contributed by atoms with E-state index < -0.39 is 0 Å². The molecule has 3 aromatic rings. The predicted molar refractivity (Wildman–Crippen MR) is 130 cm³/mol. The monoisotopic (exact) mass is 465 g/mol. The van der Waals surface area contributed by atoms with Crippen LogP contribution in [0.15, 0.2) is 35.4 Å². The molecule has 10 heteroatoms. The van der Waals surface area contributed by atoms with Crippen molar-refractivity contribution in [2.24, 2.45) is 0 Å². The van der Waals surface area contributed by atoms with Crippen LogP contribution in [0.5, 0.6) is 0 Å². The molecule has 0 saturated heterocycles. The van der Waals surface area contributed by atoms with E-state index in [0.29, 0.717) is 28.5 Å². The number of pyridine rings is 1. The Kier molecular flexibility index (Phi) is 6.23. The molecule has 2 fully saturated rings. The summed E-state index contributed by atoms with van der Waals surface area (Å²) in [5, 5.41) is 13.7. The van der Waals surface area contributed by atoms with Gasteiger partial charge >= 0.3 is 0 Å². The summed E-state index contributed by atoms with van der Waals surface area (Å²) in [6, 6.07) is 5.77. The number of anilines is 3. The fourth-order valence-corrected chi connectivity index (χ4v) is 4.77. The number of methoxy groups -OCH3 is 1. The van der Waals surface area contributed by atoms with Crippen LogP contribution in [0, 0.1) is 0 Å². The summed E-state index contributed by atoms with van der Waals surface area (Å²) < 4.78 is 8.87. The molecule has 1 amide bonds. The molecule has 180 valence electrons. The molecule has 3 heterocycles. The molecule has 0 bridgehead atoms. The molecule has 10 nitrogen and oxygen atoms in total. The van der Waals surface area contributed by atoms with Crippen LogP contribution in [-0.4, -0.2) is 51.4 Å². The van der Waals surface area contributed by atoms with Crippen molar-refractivity contribution < 1.29 is 9.53 Å². The summed E-state index contributed by atoms with van der Waals surface area (Å²) in [5.74, 6) is 0.942. The van der Waals surface area contributed by atoms with Gasteiger partial charge in [0.05, 0.1) is 12.3 Å². The first kappa shape index (κ1) is 22.4. The largest absolute Gasteiger partial charge is 0.381 e. The van der Waals surface area contributed by atoms with E-state index in [1.54, 1.807) is 30.8 Å². The fourth-order valence-electron chi connectivity index (χ4n) is 4.77. The van der Waals surface area contributed by atoms with Gasteiger partial charge in [0, 0.05) is 38.5 Å². The average Bonchev–Trinajstić information content (AvgIpc) is 3.26. The topological polar surface area (TPSA) is 115 Å². The van der Waals surface area contributed by atoms with Gasteiger partial charge in [0.25, 0.3) is 11.5 Å². The van der Waals surface area contributed by atoms with Crippen LogP contribution in [0.1, 0.15) is 61.3 Å². The van der Waals surface area contributed by atoms with Crippen molar-refractivity contribution in [1.82, 2.24) is 24.5 Å². The van der Waals surface area contributed by atoms with E-state index in [1.165, 1.54) is 6.20 Å².